The Morgan fingerprint density at radius 3 is 2.30 bits per heavy atom. The summed E-state index contributed by atoms with van der Waals surface area (Å²) in [5.41, 5.74) is 2.31. The van der Waals surface area contributed by atoms with Crippen LogP contribution >= 0.6 is 11.8 Å². The highest BCUT2D eigenvalue weighted by molar-refractivity contribution is 8.00. The number of anilines is 2. The quantitative estimate of drug-likeness (QED) is 0.126. The Morgan fingerprint density at radius 1 is 0.860 bits per heavy atom. The number of para-hydroxylation sites is 2. The summed E-state index contributed by atoms with van der Waals surface area (Å²) >= 11 is 1.35. The molecule has 0 bridgehead atoms. The van der Waals surface area contributed by atoms with Crippen LogP contribution in [-0.2, 0) is 9.59 Å². The van der Waals surface area contributed by atoms with Crippen molar-refractivity contribution in [3.63, 3.8) is 0 Å². The highest BCUT2D eigenvalue weighted by atomic mass is 32.2. The van der Waals surface area contributed by atoms with Crippen LogP contribution in [0.15, 0.2) is 114 Å². The lowest BCUT2D eigenvalue weighted by atomic mass is 10.1. The topological polar surface area (TPSA) is 106 Å². The Balaban J connectivity index is 1.48. The molecule has 0 heterocycles. The van der Waals surface area contributed by atoms with Gasteiger partial charge in [0.25, 0.3) is 11.8 Å². The van der Waals surface area contributed by atoms with Gasteiger partial charge in [-0.2, -0.15) is 0 Å². The normalized spacial score (nSPS) is 11.7. The number of methoxy groups -OCH3 is 1. The molecule has 1 atom stereocenters. The minimum absolute atomic E-state index is 0.0700. The first-order chi connectivity index (χ1) is 20.9. The predicted molar refractivity (Wildman–Crippen MR) is 172 cm³/mol. The fourth-order valence-electron chi connectivity index (χ4n) is 4.02. The van der Waals surface area contributed by atoms with Gasteiger partial charge in [-0.3, -0.25) is 14.4 Å². The smallest absolute Gasteiger partial charge is 0.272 e. The van der Waals surface area contributed by atoms with E-state index in [4.69, 9.17) is 9.47 Å². The monoisotopic (exact) mass is 595 g/mol. The van der Waals surface area contributed by atoms with Crippen LogP contribution in [0, 0.1) is 0 Å². The molecule has 9 heteroatoms. The minimum Gasteiger partial charge on any atom is -0.495 e. The molecule has 4 aromatic carbocycles. The molecule has 0 radical (unpaired) electrons. The number of ether oxygens (including phenoxy) is 2. The summed E-state index contributed by atoms with van der Waals surface area (Å²) < 4.78 is 10.8. The van der Waals surface area contributed by atoms with Gasteiger partial charge in [0.15, 0.2) is 0 Å². The molecule has 0 aliphatic rings. The highest BCUT2D eigenvalue weighted by Gasteiger charge is 2.18. The van der Waals surface area contributed by atoms with Crippen LogP contribution in [0.3, 0.4) is 0 Å². The Morgan fingerprint density at radius 2 is 1.58 bits per heavy atom. The number of hydrogen-bond donors (Lipinski definition) is 3. The third-order valence-corrected chi connectivity index (χ3v) is 7.26. The van der Waals surface area contributed by atoms with Crippen molar-refractivity contribution >= 4 is 46.9 Å². The van der Waals surface area contributed by atoms with Gasteiger partial charge in [0.1, 0.15) is 17.2 Å². The first-order valence-electron chi connectivity index (χ1n) is 13.7. The van der Waals surface area contributed by atoms with Gasteiger partial charge < -0.3 is 25.4 Å². The lowest BCUT2D eigenvalue weighted by molar-refractivity contribution is -0.115. The van der Waals surface area contributed by atoms with E-state index in [2.05, 4.69) is 16.0 Å². The SMILES string of the molecule is CCOc1ccc(/C=C(/NC(=O)c2ccccc2)C(=O)Nc2cccc(SC(C)C(=O)Nc3ccccc3OC)c2)cc1. The molecule has 43 heavy (non-hydrogen) atoms. The van der Waals surface area contributed by atoms with Crippen molar-refractivity contribution in [2.24, 2.45) is 0 Å². The van der Waals surface area contributed by atoms with Crippen molar-refractivity contribution in [2.45, 2.75) is 24.0 Å². The second-order valence-corrected chi connectivity index (χ2v) is 10.7. The first-order valence-corrected chi connectivity index (χ1v) is 14.6. The number of hydrogen-bond acceptors (Lipinski definition) is 6. The van der Waals surface area contributed by atoms with Crippen LogP contribution in [0.4, 0.5) is 11.4 Å². The Kier molecular flexibility index (Phi) is 11.0. The average molecular weight is 596 g/mol. The first kappa shape index (κ1) is 30.9. The van der Waals surface area contributed by atoms with Crippen LogP contribution in [0.25, 0.3) is 6.08 Å². The van der Waals surface area contributed by atoms with Gasteiger partial charge in [0.2, 0.25) is 5.91 Å². The Bertz CT molecular complexity index is 1590. The number of amides is 3. The van der Waals surface area contributed by atoms with E-state index in [0.29, 0.717) is 40.6 Å². The summed E-state index contributed by atoms with van der Waals surface area (Å²) in [5.74, 6) is 0.188. The van der Waals surface area contributed by atoms with Gasteiger partial charge in [-0.05, 0) is 80.1 Å². The largest absolute Gasteiger partial charge is 0.495 e. The third kappa shape index (κ3) is 8.98. The molecular weight excluding hydrogens is 562 g/mol. The van der Waals surface area contributed by atoms with Crippen LogP contribution < -0.4 is 25.4 Å². The van der Waals surface area contributed by atoms with Crippen molar-refractivity contribution in [1.29, 1.82) is 0 Å². The Labute approximate surface area is 255 Å². The van der Waals surface area contributed by atoms with E-state index in [-0.39, 0.29) is 11.6 Å². The molecule has 0 aliphatic carbocycles. The maximum Gasteiger partial charge on any atom is 0.272 e. The molecule has 0 aromatic heterocycles. The van der Waals surface area contributed by atoms with Crippen molar-refractivity contribution in [3.8, 4) is 11.5 Å². The summed E-state index contributed by atoms with van der Waals surface area (Å²) in [6.45, 7) is 4.25. The summed E-state index contributed by atoms with van der Waals surface area (Å²) in [6.07, 6.45) is 1.61. The number of rotatable bonds is 12. The van der Waals surface area contributed by atoms with Crippen LogP contribution in [0.2, 0.25) is 0 Å². The van der Waals surface area contributed by atoms with E-state index in [1.807, 2.05) is 43.3 Å². The molecule has 3 N–H and O–H groups in total. The molecule has 220 valence electrons. The van der Waals surface area contributed by atoms with Gasteiger partial charge in [0, 0.05) is 16.1 Å². The molecule has 4 aromatic rings. The molecular formula is C34H33N3O5S. The lowest BCUT2D eigenvalue weighted by Crippen LogP contribution is -2.30. The molecule has 1 unspecified atom stereocenters. The summed E-state index contributed by atoms with van der Waals surface area (Å²) in [6, 6.07) is 30.3. The zero-order valence-electron chi connectivity index (χ0n) is 24.1. The molecule has 0 fully saturated rings. The van der Waals surface area contributed by atoms with Gasteiger partial charge >= 0.3 is 0 Å². The van der Waals surface area contributed by atoms with E-state index in [0.717, 1.165) is 4.90 Å². The fraction of sp³-hybridized carbons (Fsp3) is 0.147. The number of nitrogens with one attached hydrogen (secondary N) is 3. The predicted octanol–water partition coefficient (Wildman–Crippen LogP) is 6.62. The third-order valence-electron chi connectivity index (χ3n) is 6.17. The standard InChI is InChI=1S/C34H33N3O5S/c1-4-42-27-19-17-24(18-20-27)21-30(37-33(39)25-11-6-5-7-12-25)34(40)35-26-13-10-14-28(22-26)43-23(2)32(38)36-29-15-8-9-16-31(29)41-3/h5-23H,4H2,1-3H3,(H,35,40)(H,36,38)(H,37,39)/b30-21+. The van der Waals surface area contributed by atoms with Gasteiger partial charge in [0.05, 0.1) is 24.7 Å². The zero-order chi connectivity index (χ0) is 30.6. The Hall–Kier alpha value is -5.02. The van der Waals surface area contributed by atoms with Crippen molar-refractivity contribution < 1.29 is 23.9 Å². The van der Waals surface area contributed by atoms with Gasteiger partial charge in [-0.1, -0.05) is 48.5 Å². The molecule has 0 saturated carbocycles. The minimum atomic E-state index is -0.498. The lowest BCUT2D eigenvalue weighted by Gasteiger charge is -2.15. The van der Waals surface area contributed by atoms with E-state index in [9.17, 15) is 14.4 Å². The van der Waals surface area contributed by atoms with Crippen LogP contribution in [-0.4, -0.2) is 36.7 Å². The molecule has 0 spiro atoms. The number of carbonyl (C=O) groups excluding carboxylic acids is 3. The van der Waals surface area contributed by atoms with E-state index in [1.54, 1.807) is 86.8 Å². The fourth-order valence-corrected chi connectivity index (χ4v) is 4.95. The number of thioether (sulfide) groups is 1. The maximum absolute atomic E-state index is 13.5. The average Bonchev–Trinajstić information content (AvgIpc) is 3.02. The summed E-state index contributed by atoms with van der Waals surface area (Å²) in [4.78, 5) is 40.1. The second-order valence-electron chi connectivity index (χ2n) is 9.31. The molecule has 3 amide bonds. The zero-order valence-corrected chi connectivity index (χ0v) is 24.9. The molecule has 0 aliphatic heterocycles. The van der Waals surface area contributed by atoms with Gasteiger partial charge in [-0.15, -0.1) is 11.8 Å². The summed E-state index contributed by atoms with van der Waals surface area (Å²) in [7, 11) is 1.55. The van der Waals surface area contributed by atoms with Crippen molar-refractivity contribution in [2.75, 3.05) is 24.4 Å². The summed E-state index contributed by atoms with van der Waals surface area (Å²) in [5, 5.41) is 8.08. The van der Waals surface area contributed by atoms with Crippen molar-refractivity contribution in [1.82, 2.24) is 5.32 Å². The van der Waals surface area contributed by atoms with E-state index in [1.165, 1.54) is 11.8 Å². The molecule has 8 nitrogen and oxygen atoms in total. The van der Waals surface area contributed by atoms with Crippen molar-refractivity contribution in [3.05, 3.63) is 120 Å². The van der Waals surface area contributed by atoms with E-state index < -0.39 is 17.1 Å². The van der Waals surface area contributed by atoms with E-state index >= 15 is 0 Å². The number of carbonyl (C=O) groups is 3. The van der Waals surface area contributed by atoms with Crippen LogP contribution in [0.5, 0.6) is 11.5 Å². The van der Waals surface area contributed by atoms with Gasteiger partial charge in [-0.25, -0.2) is 0 Å². The molecule has 4 rings (SSSR count). The second kappa shape index (κ2) is 15.3. The number of benzene rings is 4. The highest BCUT2D eigenvalue weighted by Crippen LogP contribution is 2.29. The molecule has 0 saturated heterocycles. The maximum atomic E-state index is 13.5. The van der Waals surface area contributed by atoms with Crippen LogP contribution in [0.1, 0.15) is 29.8 Å².